The number of hydrogen-bond donors (Lipinski definition) is 1. The van der Waals surface area contributed by atoms with Crippen molar-refractivity contribution in [2.75, 3.05) is 38.0 Å². The number of hydrogen-bond acceptors (Lipinski definition) is 5. The highest BCUT2D eigenvalue weighted by molar-refractivity contribution is 5.92. The third-order valence-electron chi connectivity index (χ3n) is 5.96. The Morgan fingerprint density at radius 1 is 0.882 bits per heavy atom. The fourth-order valence-electron chi connectivity index (χ4n) is 4.10. The van der Waals surface area contributed by atoms with Gasteiger partial charge in [-0.25, -0.2) is 0 Å². The number of nitriles is 1. The Hall–Kier alpha value is -3.66. The van der Waals surface area contributed by atoms with Crippen molar-refractivity contribution in [2.45, 2.75) is 19.4 Å². The number of ether oxygens (including phenoxy) is 1. The normalized spacial score (nSPS) is 14.7. The fourth-order valence-corrected chi connectivity index (χ4v) is 4.10. The highest BCUT2D eigenvalue weighted by atomic mass is 16.5. The molecule has 1 heterocycles. The summed E-state index contributed by atoms with van der Waals surface area (Å²) in [5, 5.41) is 12.0. The maximum absolute atomic E-state index is 12.7. The maximum atomic E-state index is 12.7. The van der Waals surface area contributed by atoms with Crippen LogP contribution in [0.4, 0.5) is 5.69 Å². The molecule has 1 aliphatic rings. The highest BCUT2D eigenvalue weighted by Gasteiger charge is 2.16. The Kier molecular flexibility index (Phi) is 8.28. The first-order valence-electron chi connectivity index (χ1n) is 11.7. The van der Waals surface area contributed by atoms with Crippen LogP contribution in [0.2, 0.25) is 0 Å². The zero-order chi connectivity index (χ0) is 23.6. The summed E-state index contributed by atoms with van der Waals surface area (Å²) < 4.78 is 5.95. The van der Waals surface area contributed by atoms with Crippen LogP contribution >= 0.6 is 0 Å². The number of benzene rings is 3. The van der Waals surface area contributed by atoms with Gasteiger partial charge < -0.3 is 15.0 Å². The van der Waals surface area contributed by atoms with E-state index < -0.39 is 0 Å². The molecule has 0 unspecified atom stereocenters. The molecule has 1 amide bonds. The van der Waals surface area contributed by atoms with Crippen LogP contribution in [-0.2, 0) is 11.3 Å². The number of nitrogens with zero attached hydrogens (tertiary/aromatic N) is 3. The lowest BCUT2D eigenvalue weighted by Gasteiger charge is -2.22. The Labute approximate surface area is 201 Å². The molecule has 0 spiro atoms. The second-order valence-corrected chi connectivity index (χ2v) is 8.49. The predicted octanol–water partition coefficient (Wildman–Crippen LogP) is 4.89. The van der Waals surface area contributed by atoms with Crippen molar-refractivity contribution in [3.05, 3.63) is 90.0 Å². The lowest BCUT2D eigenvalue weighted by Crippen LogP contribution is -2.32. The summed E-state index contributed by atoms with van der Waals surface area (Å²) in [7, 11) is 0. The van der Waals surface area contributed by atoms with E-state index in [2.05, 4.69) is 21.2 Å². The van der Waals surface area contributed by atoms with Crippen LogP contribution in [-0.4, -0.2) is 48.4 Å². The largest absolute Gasteiger partial charge is 0.455 e. The molecule has 0 radical (unpaired) electrons. The van der Waals surface area contributed by atoms with Crippen molar-refractivity contribution in [1.29, 1.82) is 5.26 Å². The van der Waals surface area contributed by atoms with E-state index in [0.717, 1.165) is 51.4 Å². The van der Waals surface area contributed by atoms with Gasteiger partial charge >= 0.3 is 0 Å². The second kappa shape index (κ2) is 12.0. The highest BCUT2D eigenvalue weighted by Crippen LogP contribution is 2.29. The molecule has 0 saturated carbocycles. The molecule has 0 aliphatic carbocycles. The van der Waals surface area contributed by atoms with E-state index in [-0.39, 0.29) is 5.91 Å². The Morgan fingerprint density at radius 3 is 2.38 bits per heavy atom. The summed E-state index contributed by atoms with van der Waals surface area (Å²) in [4.78, 5) is 17.5. The molecule has 34 heavy (non-hydrogen) atoms. The number of carbonyl (C=O) groups is 1. The zero-order valence-corrected chi connectivity index (χ0v) is 19.3. The standard InChI is InChI=1S/C28H30N4O2/c29-21-23-11-13-24(14-12-23)22-32-17-6-16-31(19-20-32)18-15-28(33)30-26-9-4-5-10-27(26)34-25-7-2-1-3-8-25/h1-5,7-14H,6,15-20,22H2,(H,30,33). The molecule has 1 aliphatic heterocycles. The third-order valence-corrected chi connectivity index (χ3v) is 5.96. The first kappa shape index (κ1) is 23.5. The summed E-state index contributed by atoms with van der Waals surface area (Å²) in [5.41, 5.74) is 2.60. The van der Waals surface area contributed by atoms with Crippen LogP contribution in [0.25, 0.3) is 0 Å². The molecule has 6 nitrogen and oxygen atoms in total. The van der Waals surface area contributed by atoms with Crippen molar-refractivity contribution in [1.82, 2.24) is 9.80 Å². The summed E-state index contributed by atoms with van der Waals surface area (Å²) in [6, 6.07) is 27.1. The Morgan fingerprint density at radius 2 is 1.59 bits per heavy atom. The first-order chi connectivity index (χ1) is 16.7. The number of nitrogens with one attached hydrogen (secondary N) is 1. The molecule has 4 rings (SSSR count). The Bertz CT molecular complexity index is 1110. The zero-order valence-electron chi connectivity index (χ0n) is 19.3. The number of para-hydroxylation sites is 3. The molecular formula is C28H30N4O2. The van der Waals surface area contributed by atoms with Crippen LogP contribution in [0.15, 0.2) is 78.9 Å². The SMILES string of the molecule is N#Cc1ccc(CN2CCCN(CCC(=O)Nc3ccccc3Oc3ccccc3)CC2)cc1. The minimum atomic E-state index is -0.0113. The molecule has 0 aromatic heterocycles. The first-order valence-corrected chi connectivity index (χ1v) is 11.7. The van der Waals surface area contributed by atoms with Crippen LogP contribution in [0, 0.1) is 11.3 Å². The molecule has 0 atom stereocenters. The lowest BCUT2D eigenvalue weighted by atomic mass is 10.1. The summed E-state index contributed by atoms with van der Waals surface area (Å²) >= 11 is 0. The van der Waals surface area contributed by atoms with Gasteiger partial charge in [0.05, 0.1) is 17.3 Å². The van der Waals surface area contributed by atoms with Gasteiger partial charge in [-0.1, -0.05) is 42.5 Å². The summed E-state index contributed by atoms with van der Waals surface area (Å²) in [6.45, 7) is 5.56. The van der Waals surface area contributed by atoms with Gasteiger partial charge in [0.15, 0.2) is 5.75 Å². The van der Waals surface area contributed by atoms with Crippen LogP contribution in [0.3, 0.4) is 0 Å². The second-order valence-electron chi connectivity index (χ2n) is 8.49. The molecule has 0 bridgehead atoms. The minimum absolute atomic E-state index is 0.0113. The van der Waals surface area contributed by atoms with Gasteiger partial charge in [0.25, 0.3) is 0 Å². The van der Waals surface area contributed by atoms with Crippen molar-refractivity contribution < 1.29 is 9.53 Å². The summed E-state index contributed by atoms with van der Waals surface area (Å²) in [6.07, 6.45) is 1.51. The predicted molar refractivity (Wildman–Crippen MR) is 134 cm³/mol. The fraction of sp³-hybridized carbons (Fsp3) is 0.286. The minimum Gasteiger partial charge on any atom is -0.455 e. The van der Waals surface area contributed by atoms with Gasteiger partial charge in [-0.15, -0.1) is 0 Å². The van der Waals surface area contributed by atoms with E-state index >= 15 is 0 Å². The molecular weight excluding hydrogens is 424 g/mol. The van der Waals surface area contributed by atoms with Gasteiger partial charge in [0.2, 0.25) is 5.91 Å². The van der Waals surface area contributed by atoms with Gasteiger partial charge in [-0.3, -0.25) is 9.69 Å². The number of anilines is 1. The Balaban J connectivity index is 1.24. The van der Waals surface area contributed by atoms with Crippen LogP contribution in [0.1, 0.15) is 24.0 Å². The van der Waals surface area contributed by atoms with Crippen molar-refractivity contribution in [3.8, 4) is 17.6 Å². The van der Waals surface area contributed by atoms with E-state index in [0.29, 0.717) is 23.4 Å². The van der Waals surface area contributed by atoms with Crippen molar-refractivity contribution >= 4 is 11.6 Å². The van der Waals surface area contributed by atoms with Gasteiger partial charge in [-0.05, 0) is 61.5 Å². The third kappa shape index (κ3) is 6.92. The van der Waals surface area contributed by atoms with E-state index in [4.69, 9.17) is 10.00 Å². The van der Waals surface area contributed by atoms with Crippen molar-refractivity contribution in [2.24, 2.45) is 0 Å². The van der Waals surface area contributed by atoms with Gasteiger partial charge in [0.1, 0.15) is 5.75 Å². The smallest absolute Gasteiger partial charge is 0.225 e. The molecule has 174 valence electrons. The van der Waals surface area contributed by atoms with E-state index in [9.17, 15) is 4.79 Å². The molecule has 1 fully saturated rings. The van der Waals surface area contributed by atoms with Crippen LogP contribution < -0.4 is 10.1 Å². The molecule has 1 saturated heterocycles. The monoisotopic (exact) mass is 454 g/mol. The number of rotatable bonds is 8. The van der Waals surface area contributed by atoms with Gasteiger partial charge in [-0.2, -0.15) is 5.26 Å². The van der Waals surface area contributed by atoms with Gasteiger partial charge in [0, 0.05) is 32.6 Å². The molecule has 3 aromatic carbocycles. The topological polar surface area (TPSA) is 68.6 Å². The van der Waals surface area contributed by atoms with Crippen LogP contribution in [0.5, 0.6) is 11.5 Å². The average Bonchev–Trinajstić information content (AvgIpc) is 3.10. The van der Waals surface area contributed by atoms with E-state index in [1.165, 1.54) is 5.56 Å². The molecule has 3 aromatic rings. The van der Waals surface area contributed by atoms with E-state index in [1.54, 1.807) is 0 Å². The lowest BCUT2D eigenvalue weighted by molar-refractivity contribution is -0.116. The quantitative estimate of drug-likeness (QED) is 0.525. The van der Waals surface area contributed by atoms with Crippen molar-refractivity contribution in [3.63, 3.8) is 0 Å². The molecule has 6 heteroatoms. The average molecular weight is 455 g/mol. The molecule has 1 N–H and O–H groups in total. The van der Waals surface area contributed by atoms with E-state index in [1.807, 2.05) is 78.9 Å². The number of amides is 1. The summed E-state index contributed by atoms with van der Waals surface area (Å²) in [5.74, 6) is 1.36. The number of carbonyl (C=O) groups excluding carboxylic acids is 1. The maximum Gasteiger partial charge on any atom is 0.225 e.